The van der Waals surface area contributed by atoms with Gasteiger partial charge in [0.05, 0.1) is 18.0 Å². The van der Waals surface area contributed by atoms with Crippen LogP contribution in [0.2, 0.25) is 0 Å². The Balaban J connectivity index is 1.82. The zero-order valence-corrected chi connectivity index (χ0v) is 11.4. The van der Waals surface area contributed by atoms with E-state index >= 15 is 0 Å². The lowest BCUT2D eigenvalue weighted by molar-refractivity contribution is 0.296. The lowest BCUT2D eigenvalue weighted by Crippen LogP contribution is -1.99. The third-order valence-corrected chi connectivity index (χ3v) is 3.10. The lowest BCUT2D eigenvalue weighted by atomic mass is 10.2. The summed E-state index contributed by atoms with van der Waals surface area (Å²) in [6, 6.07) is 12.3. The maximum absolute atomic E-state index is 13.6. The van der Waals surface area contributed by atoms with Crippen LogP contribution in [0.25, 0.3) is 10.9 Å². The SMILES string of the molecule is COc1ccc(COc2ncnc3ccccc23)cc1F. The Morgan fingerprint density at radius 2 is 1.95 bits per heavy atom. The third kappa shape index (κ3) is 2.76. The number of para-hydroxylation sites is 1. The summed E-state index contributed by atoms with van der Waals surface area (Å²) in [6.45, 7) is 0.224. The zero-order valence-electron chi connectivity index (χ0n) is 11.4. The fourth-order valence-corrected chi connectivity index (χ4v) is 2.05. The molecule has 21 heavy (non-hydrogen) atoms. The van der Waals surface area contributed by atoms with E-state index in [-0.39, 0.29) is 12.4 Å². The quantitative estimate of drug-likeness (QED) is 0.737. The fourth-order valence-electron chi connectivity index (χ4n) is 2.05. The second-order valence-corrected chi connectivity index (χ2v) is 4.45. The first-order valence-electron chi connectivity index (χ1n) is 6.43. The van der Waals surface area contributed by atoms with Gasteiger partial charge in [-0.25, -0.2) is 14.4 Å². The zero-order chi connectivity index (χ0) is 14.7. The number of hydrogen-bond donors (Lipinski definition) is 0. The van der Waals surface area contributed by atoms with Gasteiger partial charge in [-0.2, -0.15) is 0 Å². The highest BCUT2D eigenvalue weighted by molar-refractivity contribution is 5.82. The van der Waals surface area contributed by atoms with Crippen LogP contribution in [0.15, 0.2) is 48.8 Å². The van der Waals surface area contributed by atoms with E-state index in [0.717, 1.165) is 10.9 Å². The van der Waals surface area contributed by atoms with Crippen molar-refractivity contribution in [1.29, 1.82) is 0 Å². The normalized spacial score (nSPS) is 10.6. The van der Waals surface area contributed by atoms with Crippen LogP contribution in [0.5, 0.6) is 11.6 Å². The predicted molar refractivity (Wildman–Crippen MR) is 76.8 cm³/mol. The molecule has 2 aromatic carbocycles. The monoisotopic (exact) mass is 284 g/mol. The lowest BCUT2D eigenvalue weighted by Gasteiger charge is -2.08. The summed E-state index contributed by atoms with van der Waals surface area (Å²) < 4.78 is 24.2. The summed E-state index contributed by atoms with van der Waals surface area (Å²) in [4.78, 5) is 8.29. The molecule has 0 amide bonds. The minimum absolute atomic E-state index is 0.214. The van der Waals surface area contributed by atoms with Crippen LogP contribution in [-0.2, 0) is 6.61 Å². The smallest absolute Gasteiger partial charge is 0.224 e. The molecule has 0 saturated carbocycles. The van der Waals surface area contributed by atoms with Gasteiger partial charge in [-0.15, -0.1) is 0 Å². The predicted octanol–water partition coefficient (Wildman–Crippen LogP) is 3.36. The molecule has 5 heteroatoms. The number of aromatic nitrogens is 2. The van der Waals surface area contributed by atoms with Crippen LogP contribution in [0.1, 0.15) is 5.56 Å². The highest BCUT2D eigenvalue weighted by Crippen LogP contribution is 2.23. The molecule has 106 valence electrons. The van der Waals surface area contributed by atoms with E-state index in [1.807, 2.05) is 24.3 Å². The van der Waals surface area contributed by atoms with Gasteiger partial charge in [0.25, 0.3) is 0 Å². The Hall–Kier alpha value is -2.69. The number of fused-ring (bicyclic) bond motifs is 1. The summed E-state index contributed by atoms with van der Waals surface area (Å²) >= 11 is 0. The van der Waals surface area contributed by atoms with Gasteiger partial charge in [-0.05, 0) is 29.8 Å². The largest absolute Gasteiger partial charge is 0.494 e. The topological polar surface area (TPSA) is 44.2 Å². The Labute approximate surface area is 121 Å². The number of rotatable bonds is 4. The minimum Gasteiger partial charge on any atom is -0.494 e. The van der Waals surface area contributed by atoms with E-state index in [0.29, 0.717) is 11.4 Å². The molecule has 0 aliphatic heterocycles. The molecule has 0 atom stereocenters. The van der Waals surface area contributed by atoms with Gasteiger partial charge >= 0.3 is 0 Å². The summed E-state index contributed by atoms with van der Waals surface area (Å²) in [5.74, 6) is 0.286. The molecule has 0 radical (unpaired) electrons. The maximum atomic E-state index is 13.6. The second-order valence-electron chi connectivity index (χ2n) is 4.45. The average Bonchev–Trinajstić information content (AvgIpc) is 2.53. The Morgan fingerprint density at radius 3 is 2.76 bits per heavy atom. The first kappa shape index (κ1) is 13.3. The van der Waals surface area contributed by atoms with Gasteiger partial charge in [-0.3, -0.25) is 0 Å². The van der Waals surface area contributed by atoms with Gasteiger partial charge in [0.15, 0.2) is 11.6 Å². The number of halogens is 1. The van der Waals surface area contributed by atoms with E-state index in [1.165, 1.54) is 19.5 Å². The molecule has 0 fully saturated rings. The maximum Gasteiger partial charge on any atom is 0.224 e. The molecule has 0 bridgehead atoms. The summed E-state index contributed by atoms with van der Waals surface area (Å²) in [5.41, 5.74) is 1.51. The van der Waals surface area contributed by atoms with Crippen molar-refractivity contribution in [3.63, 3.8) is 0 Å². The Bertz CT molecular complexity index is 772. The first-order valence-corrected chi connectivity index (χ1v) is 6.43. The molecule has 0 N–H and O–H groups in total. The van der Waals surface area contributed by atoms with Crippen molar-refractivity contribution >= 4 is 10.9 Å². The molecule has 0 unspecified atom stereocenters. The van der Waals surface area contributed by atoms with Crippen LogP contribution < -0.4 is 9.47 Å². The number of ether oxygens (including phenoxy) is 2. The third-order valence-electron chi connectivity index (χ3n) is 3.10. The van der Waals surface area contributed by atoms with Crippen molar-refractivity contribution in [2.45, 2.75) is 6.61 Å². The molecule has 0 aliphatic rings. The average molecular weight is 284 g/mol. The van der Waals surface area contributed by atoms with Gasteiger partial charge in [-0.1, -0.05) is 18.2 Å². The second kappa shape index (κ2) is 5.75. The molecule has 0 aliphatic carbocycles. The van der Waals surface area contributed by atoms with Crippen molar-refractivity contribution in [3.8, 4) is 11.6 Å². The van der Waals surface area contributed by atoms with Gasteiger partial charge < -0.3 is 9.47 Å². The summed E-state index contributed by atoms with van der Waals surface area (Å²) in [5, 5.41) is 0.828. The molecule has 4 nitrogen and oxygen atoms in total. The summed E-state index contributed by atoms with van der Waals surface area (Å²) in [6.07, 6.45) is 1.45. The van der Waals surface area contributed by atoms with E-state index in [4.69, 9.17) is 9.47 Å². The first-order chi connectivity index (χ1) is 10.3. The van der Waals surface area contributed by atoms with Crippen molar-refractivity contribution in [3.05, 3.63) is 60.2 Å². The Kier molecular flexibility index (Phi) is 3.64. The van der Waals surface area contributed by atoms with Crippen LogP contribution in [0.4, 0.5) is 4.39 Å². The molecular formula is C16H13FN2O2. The van der Waals surface area contributed by atoms with E-state index in [2.05, 4.69) is 9.97 Å². The Morgan fingerprint density at radius 1 is 1.10 bits per heavy atom. The number of methoxy groups -OCH3 is 1. The van der Waals surface area contributed by atoms with Crippen LogP contribution >= 0.6 is 0 Å². The van der Waals surface area contributed by atoms with E-state index in [1.54, 1.807) is 12.1 Å². The van der Waals surface area contributed by atoms with Crippen molar-refractivity contribution in [2.75, 3.05) is 7.11 Å². The highest BCUT2D eigenvalue weighted by atomic mass is 19.1. The van der Waals surface area contributed by atoms with Crippen LogP contribution in [-0.4, -0.2) is 17.1 Å². The van der Waals surface area contributed by atoms with Gasteiger partial charge in [0.1, 0.15) is 12.9 Å². The number of hydrogen-bond acceptors (Lipinski definition) is 4. The molecule has 0 saturated heterocycles. The molecule has 3 aromatic rings. The van der Waals surface area contributed by atoms with Gasteiger partial charge in [0.2, 0.25) is 5.88 Å². The molecule has 3 rings (SSSR count). The number of benzene rings is 2. The van der Waals surface area contributed by atoms with Crippen LogP contribution in [0, 0.1) is 5.82 Å². The highest BCUT2D eigenvalue weighted by Gasteiger charge is 2.07. The molecular weight excluding hydrogens is 271 g/mol. The standard InChI is InChI=1S/C16H13FN2O2/c1-20-15-7-6-11(8-13(15)17)9-21-16-12-4-2-3-5-14(12)18-10-19-16/h2-8,10H,9H2,1H3. The fraction of sp³-hybridized carbons (Fsp3) is 0.125. The van der Waals surface area contributed by atoms with Gasteiger partial charge in [0, 0.05) is 0 Å². The minimum atomic E-state index is -0.411. The molecule has 1 aromatic heterocycles. The van der Waals surface area contributed by atoms with Crippen molar-refractivity contribution in [1.82, 2.24) is 9.97 Å². The van der Waals surface area contributed by atoms with Crippen molar-refractivity contribution in [2.24, 2.45) is 0 Å². The summed E-state index contributed by atoms with van der Waals surface area (Å²) in [7, 11) is 1.43. The number of nitrogens with zero attached hydrogens (tertiary/aromatic N) is 2. The van der Waals surface area contributed by atoms with Crippen LogP contribution in [0.3, 0.4) is 0 Å². The molecule has 0 spiro atoms. The van der Waals surface area contributed by atoms with E-state index < -0.39 is 5.82 Å². The molecule has 1 heterocycles. The van der Waals surface area contributed by atoms with E-state index in [9.17, 15) is 4.39 Å². The van der Waals surface area contributed by atoms with Crippen molar-refractivity contribution < 1.29 is 13.9 Å².